The first-order valence-corrected chi connectivity index (χ1v) is 6.64. The fourth-order valence-electron chi connectivity index (χ4n) is 2.23. The Bertz CT molecular complexity index is 350. The Morgan fingerprint density at radius 3 is 2.71 bits per heavy atom. The maximum atomic E-state index is 6.01. The molecule has 0 saturated carbocycles. The Kier molecular flexibility index (Phi) is 4.80. The van der Waals surface area contributed by atoms with E-state index >= 15 is 0 Å². The van der Waals surface area contributed by atoms with E-state index in [2.05, 4.69) is 16.5 Å². The van der Waals surface area contributed by atoms with Gasteiger partial charge < -0.3 is 5.73 Å². The molecule has 1 saturated heterocycles. The van der Waals surface area contributed by atoms with Crippen molar-refractivity contribution >= 4 is 11.6 Å². The minimum Gasteiger partial charge on any atom is -0.329 e. The number of nitrogens with one attached hydrogen (secondary N) is 1. The molecular formula is C13H20ClN3. The van der Waals surface area contributed by atoms with Crippen LogP contribution in [0.2, 0.25) is 5.02 Å². The van der Waals surface area contributed by atoms with Crippen LogP contribution in [0.1, 0.15) is 30.9 Å². The van der Waals surface area contributed by atoms with Crippen molar-refractivity contribution in [1.29, 1.82) is 0 Å². The molecule has 1 aliphatic rings. The monoisotopic (exact) mass is 253 g/mol. The van der Waals surface area contributed by atoms with Gasteiger partial charge in [-0.25, -0.2) is 10.4 Å². The first-order valence-electron chi connectivity index (χ1n) is 6.26. The summed E-state index contributed by atoms with van der Waals surface area (Å²) < 4.78 is 0. The topological polar surface area (TPSA) is 41.3 Å². The summed E-state index contributed by atoms with van der Waals surface area (Å²) in [7, 11) is 0. The van der Waals surface area contributed by atoms with Crippen molar-refractivity contribution in [3.63, 3.8) is 0 Å². The van der Waals surface area contributed by atoms with Crippen LogP contribution < -0.4 is 11.2 Å². The van der Waals surface area contributed by atoms with E-state index in [0.29, 0.717) is 6.54 Å². The van der Waals surface area contributed by atoms with Crippen LogP contribution in [0.3, 0.4) is 0 Å². The highest BCUT2D eigenvalue weighted by molar-refractivity contribution is 6.30. The number of hydrogen-bond acceptors (Lipinski definition) is 3. The van der Waals surface area contributed by atoms with Gasteiger partial charge in [0.2, 0.25) is 0 Å². The molecule has 1 unspecified atom stereocenters. The van der Waals surface area contributed by atoms with Crippen LogP contribution in [0.15, 0.2) is 24.3 Å². The smallest absolute Gasteiger partial charge is 0.0587 e. The minimum atomic E-state index is 0.159. The van der Waals surface area contributed by atoms with Crippen LogP contribution in [0.5, 0.6) is 0 Å². The average molecular weight is 254 g/mol. The van der Waals surface area contributed by atoms with E-state index in [1.54, 1.807) is 0 Å². The van der Waals surface area contributed by atoms with Crippen molar-refractivity contribution in [3.8, 4) is 0 Å². The van der Waals surface area contributed by atoms with Crippen molar-refractivity contribution in [2.75, 3.05) is 19.6 Å². The van der Waals surface area contributed by atoms with Crippen LogP contribution in [-0.4, -0.2) is 24.6 Å². The van der Waals surface area contributed by atoms with E-state index in [0.717, 1.165) is 23.7 Å². The second-order valence-corrected chi connectivity index (χ2v) is 4.96. The van der Waals surface area contributed by atoms with Gasteiger partial charge in [0.1, 0.15) is 0 Å². The number of nitrogens with two attached hydrogens (primary N) is 1. The van der Waals surface area contributed by atoms with Gasteiger partial charge in [-0.3, -0.25) is 0 Å². The molecule has 0 amide bonds. The van der Waals surface area contributed by atoms with Gasteiger partial charge in [0, 0.05) is 24.7 Å². The third-order valence-electron chi connectivity index (χ3n) is 3.18. The van der Waals surface area contributed by atoms with Crippen molar-refractivity contribution in [1.82, 2.24) is 10.4 Å². The summed E-state index contributed by atoms with van der Waals surface area (Å²) in [5.41, 5.74) is 10.5. The lowest BCUT2D eigenvalue weighted by Crippen LogP contribution is -2.45. The van der Waals surface area contributed by atoms with Crippen molar-refractivity contribution in [3.05, 3.63) is 34.9 Å². The van der Waals surface area contributed by atoms with Crippen molar-refractivity contribution < 1.29 is 0 Å². The van der Waals surface area contributed by atoms with E-state index in [4.69, 9.17) is 17.3 Å². The zero-order valence-electron chi connectivity index (χ0n) is 10.0. The second kappa shape index (κ2) is 6.36. The van der Waals surface area contributed by atoms with E-state index in [-0.39, 0.29) is 6.04 Å². The first-order chi connectivity index (χ1) is 8.29. The molecule has 1 atom stereocenters. The lowest BCUT2D eigenvalue weighted by molar-refractivity contribution is 0.130. The fraction of sp³-hybridized carbons (Fsp3) is 0.538. The highest BCUT2D eigenvalue weighted by Gasteiger charge is 2.16. The van der Waals surface area contributed by atoms with Gasteiger partial charge in [-0.1, -0.05) is 30.2 Å². The van der Waals surface area contributed by atoms with E-state index < -0.39 is 0 Å². The Balaban J connectivity index is 2.00. The molecule has 1 aromatic rings. The molecule has 17 heavy (non-hydrogen) atoms. The molecule has 3 nitrogen and oxygen atoms in total. The Morgan fingerprint density at radius 2 is 2.06 bits per heavy atom. The zero-order valence-corrected chi connectivity index (χ0v) is 10.8. The molecule has 1 heterocycles. The summed E-state index contributed by atoms with van der Waals surface area (Å²) >= 11 is 6.01. The van der Waals surface area contributed by atoms with E-state index in [9.17, 15) is 0 Å². The van der Waals surface area contributed by atoms with Gasteiger partial charge in [-0.15, -0.1) is 0 Å². The number of benzene rings is 1. The normalized spacial score (nSPS) is 19.2. The molecule has 1 aliphatic heterocycles. The molecule has 2 rings (SSSR count). The SMILES string of the molecule is NCC(NN1CCCCC1)c1cccc(Cl)c1. The Labute approximate surface area is 108 Å². The number of piperidine rings is 1. The molecule has 0 aromatic heterocycles. The molecule has 4 heteroatoms. The summed E-state index contributed by atoms with van der Waals surface area (Å²) in [5, 5.41) is 3.04. The number of nitrogens with zero attached hydrogens (tertiary/aromatic N) is 1. The van der Waals surface area contributed by atoms with Gasteiger partial charge >= 0.3 is 0 Å². The molecule has 1 aromatic carbocycles. The molecule has 0 bridgehead atoms. The average Bonchev–Trinajstić information content (AvgIpc) is 2.37. The lowest BCUT2D eigenvalue weighted by Gasteiger charge is -2.31. The molecule has 1 fully saturated rings. The number of hydrogen-bond donors (Lipinski definition) is 2. The quantitative estimate of drug-likeness (QED) is 0.866. The summed E-state index contributed by atoms with van der Waals surface area (Å²) in [6.07, 6.45) is 3.86. The largest absolute Gasteiger partial charge is 0.329 e. The third-order valence-corrected chi connectivity index (χ3v) is 3.42. The summed E-state index contributed by atoms with van der Waals surface area (Å²) in [6, 6.07) is 8.07. The maximum Gasteiger partial charge on any atom is 0.0587 e. The van der Waals surface area contributed by atoms with Crippen LogP contribution in [-0.2, 0) is 0 Å². The van der Waals surface area contributed by atoms with E-state index in [1.165, 1.54) is 19.3 Å². The molecule has 94 valence electrons. The lowest BCUT2D eigenvalue weighted by atomic mass is 10.1. The Morgan fingerprint density at radius 1 is 1.29 bits per heavy atom. The minimum absolute atomic E-state index is 0.159. The molecule has 0 aliphatic carbocycles. The van der Waals surface area contributed by atoms with Crippen molar-refractivity contribution in [2.24, 2.45) is 5.73 Å². The fourth-order valence-corrected chi connectivity index (χ4v) is 2.43. The van der Waals surface area contributed by atoms with Gasteiger partial charge in [0.15, 0.2) is 0 Å². The molecule has 0 spiro atoms. The standard InChI is InChI=1S/C13H20ClN3/c14-12-6-4-5-11(9-12)13(10-15)16-17-7-2-1-3-8-17/h4-6,9,13,16H,1-3,7-8,10,15H2. The predicted octanol–water partition coefficient (Wildman–Crippen LogP) is 2.33. The molecule has 0 radical (unpaired) electrons. The summed E-state index contributed by atoms with van der Waals surface area (Å²) in [5.74, 6) is 0. The molecule has 3 N–H and O–H groups in total. The zero-order chi connectivity index (χ0) is 12.1. The Hall–Kier alpha value is -0.610. The third kappa shape index (κ3) is 3.68. The highest BCUT2D eigenvalue weighted by atomic mass is 35.5. The highest BCUT2D eigenvalue weighted by Crippen LogP contribution is 2.18. The van der Waals surface area contributed by atoms with Crippen LogP contribution in [0.4, 0.5) is 0 Å². The molecular weight excluding hydrogens is 234 g/mol. The maximum absolute atomic E-state index is 6.01. The second-order valence-electron chi connectivity index (χ2n) is 4.52. The number of hydrazine groups is 1. The van der Waals surface area contributed by atoms with Gasteiger partial charge in [-0.05, 0) is 30.5 Å². The summed E-state index contributed by atoms with van der Waals surface area (Å²) in [4.78, 5) is 0. The van der Waals surface area contributed by atoms with Crippen LogP contribution in [0.25, 0.3) is 0 Å². The first kappa shape index (κ1) is 12.8. The van der Waals surface area contributed by atoms with Crippen LogP contribution >= 0.6 is 11.6 Å². The summed E-state index contributed by atoms with van der Waals surface area (Å²) in [6.45, 7) is 2.80. The van der Waals surface area contributed by atoms with Gasteiger partial charge in [0.05, 0.1) is 6.04 Å². The van der Waals surface area contributed by atoms with Crippen molar-refractivity contribution in [2.45, 2.75) is 25.3 Å². The van der Waals surface area contributed by atoms with Gasteiger partial charge in [-0.2, -0.15) is 0 Å². The number of rotatable bonds is 4. The van der Waals surface area contributed by atoms with Crippen LogP contribution in [0, 0.1) is 0 Å². The van der Waals surface area contributed by atoms with E-state index in [1.807, 2.05) is 18.2 Å². The predicted molar refractivity (Wildman–Crippen MR) is 71.8 cm³/mol. The van der Waals surface area contributed by atoms with Gasteiger partial charge in [0.25, 0.3) is 0 Å². The number of halogens is 1.